The molecule has 2 atom stereocenters. The van der Waals surface area contributed by atoms with Crippen molar-refractivity contribution in [3.05, 3.63) is 23.3 Å². The van der Waals surface area contributed by atoms with E-state index < -0.39 is 6.10 Å². The van der Waals surface area contributed by atoms with Crippen LogP contribution in [0.3, 0.4) is 0 Å². The van der Waals surface area contributed by atoms with Crippen LogP contribution >= 0.6 is 0 Å². The van der Waals surface area contributed by atoms with E-state index in [2.05, 4.69) is 6.92 Å². The van der Waals surface area contributed by atoms with Crippen molar-refractivity contribution in [3.63, 3.8) is 0 Å². The Bertz CT molecular complexity index is 634. The number of methoxy groups -OCH3 is 2. The SMILES string of the molecule is COc1ccc(OC)c2c1CN(CC(=O)N1CCCC[C@@H]1C)C[C@H]2O. The van der Waals surface area contributed by atoms with E-state index in [9.17, 15) is 9.90 Å². The maximum Gasteiger partial charge on any atom is 0.236 e. The number of aliphatic hydroxyl groups is 1. The lowest BCUT2D eigenvalue weighted by Gasteiger charge is -2.37. The minimum absolute atomic E-state index is 0.143. The first-order valence-corrected chi connectivity index (χ1v) is 8.98. The molecule has 2 aliphatic rings. The molecule has 1 saturated heterocycles. The number of likely N-dealkylation sites (tertiary alicyclic amines) is 1. The molecule has 1 amide bonds. The fourth-order valence-electron chi connectivity index (χ4n) is 4.02. The summed E-state index contributed by atoms with van der Waals surface area (Å²) < 4.78 is 10.9. The molecule has 6 nitrogen and oxygen atoms in total. The Morgan fingerprint density at radius 1 is 1.24 bits per heavy atom. The number of carbonyl (C=O) groups excluding carboxylic acids is 1. The number of benzene rings is 1. The number of amides is 1. The highest BCUT2D eigenvalue weighted by Crippen LogP contribution is 2.39. The van der Waals surface area contributed by atoms with Gasteiger partial charge in [0.1, 0.15) is 11.5 Å². The molecule has 1 fully saturated rings. The molecule has 0 saturated carbocycles. The number of carbonyl (C=O) groups is 1. The Morgan fingerprint density at radius 2 is 1.96 bits per heavy atom. The number of hydrogen-bond donors (Lipinski definition) is 1. The van der Waals surface area contributed by atoms with Gasteiger partial charge in [0, 0.05) is 36.8 Å². The number of hydrogen-bond acceptors (Lipinski definition) is 5. The van der Waals surface area contributed by atoms with E-state index in [1.165, 1.54) is 6.42 Å². The maximum atomic E-state index is 12.7. The average molecular weight is 348 g/mol. The Kier molecular flexibility index (Phi) is 5.49. The molecule has 138 valence electrons. The molecule has 3 rings (SSSR count). The third-order valence-electron chi connectivity index (χ3n) is 5.34. The first kappa shape index (κ1) is 18.0. The van der Waals surface area contributed by atoms with E-state index in [1.807, 2.05) is 21.9 Å². The van der Waals surface area contributed by atoms with Crippen LogP contribution in [0.15, 0.2) is 12.1 Å². The quantitative estimate of drug-likeness (QED) is 0.901. The van der Waals surface area contributed by atoms with Gasteiger partial charge in [-0.05, 0) is 38.3 Å². The number of aliphatic hydroxyl groups excluding tert-OH is 1. The summed E-state index contributed by atoms with van der Waals surface area (Å²) in [5.41, 5.74) is 1.68. The fraction of sp³-hybridized carbons (Fsp3) is 0.632. The highest BCUT2D eigenvalue weighted by atomic mass is 16.5. The maximum absolute atomic E-state index is 12.7. The molecule has 0 unspecified atom stereocenters. The smallest absolute Gasteiger partial charge is 0.236 e. The van der Waals surface area contributed by atoms with Gasteiger partial charge in [0.2, 0.25) is 5.91 Å². The molecule has 1 aromatic carbocycles. The third-order valence-corrected chi connectivity index (χ3v) is 5.34. The van der Waals surface area contributed by atoms with Crippen LogP contribution in [0.1, 0.15) is 43.4 Å². The van der Waals surface area contributed by atoms with Crippen molar-refractivity contribution >= 4 is 5.91 Å². The van der Waals surface area contributed by atoms with Crippen LogP contribution in [0.2, 0.25) is 0 Å². The van der Waals surface area contributed by atoms with Crippen LogP contribution in [0.4, 0.5) is 0 Å². The largest absolute Gasteiger partial charge is 0.496 e. The van der Waals surface area contributed by atoms with Crippen LogP contribution in [-0.2, 0) is 11.3 Å². The van der Waals surface area contributed by atoms with Gasteiger partial charge < -0.3 is 19.5 Å². The van der Waals surface area contributed by atoms with Gasteiger partial charge in [-0.25, -0.2) is 0 Å². The van der Waals surface area contributed by atoms with Gasteiger partial charge in [-0.2, -0.15) is 0 Å². The summed E-state index contributed by atoms with van der Waals surface area (Å²) in [6.45, 7) is 4.27. The lowest BCUT2D eigenvalue weighted by Crippen LogP contribution is -2.48. The van der Waals surface area contributed by atoms with E-state index in [1.54, 1.807) is 14.2 Å². The molecular weight excluding hydrogens is 320 g/mol. The predicted molar refractivity (Wildman–Crippen MR) is 94.8 cm³/mol. The summed E-state index contributed by atoms with van der Waals surface area (Å²) in [7, 11) is 3.22. The van der Waals surface area contributed by atoms with Crippen molar-refractivity contribution in [2.75, 3.05) is 33.9 Å². The second kappa shape index (κ2) is 7.62. The molecule has 2 heterocycles. The van der Waals surface area contributed by atoms with Crippen molar-refractivity contribution in [1.82, 2.24) is 9.80 Å². The number of piperidine rings is 1. The van der Waals surface area contributed by atoms with E-state index in [0.29, 0.717) is 31.4 Å². The van der Waals surface area contributed by atoms with Crippen LogP contribution in [0, 0.1) is 0 Å². The molecule has 0 spiro atoms. The number of β-amino-alcohol motifs (C(OH)–C–C–N with tert-alkyl or cyclic N) is 1. The van der Waals surface area contributed by atoms with E-state index in [4.69, 9.17) is 9.47 Å². The zero-order chi connectivity index (χ0) is 18.0. The first-order valence-electron chi connectivity index (χ1n) is 8.98. The molecule has 0 bridgehead atoms. The molecule has 1 N–H and O–H groups in total. The van der Waals surface area contributed by atoms with Crippen LogP contribution in [0.5, 0.6) is 11.5 Å². The lowest BCUT2D eigenvalue weighted by molar-refractivity contribution is -0.136. The lowest BCUT2D eigenvalue weighted by atomic mass is 9.95. The summed E-state index contributed by atoms with van der Waals surface area (Å²) in [4.78, 5) is 16.7. The number of fused-ring (bicyclic) bond motifs is 1. The topological polar surface area (TPSA) is 62.2 Å². The molecular formula is C19H28N2O4. The molecule has 1 aromatic rings. The van der Waals surface area contributed by atoms with E-state index in [-0.39, 0.29) is 5.91 Å². The fourth-order valence-corrected chi connectivity index (χ4v) is 4.02. The Hall–Kier alpha value is -1.79. The normalized spacial score (nSPS) is 23.9. The number of ether oxygens (including phenoxy) is 2. The standard InChI is InChI=1S/C19H28N2O4/c1-13-6-4-5-9-21(13)18(23)12-20-10-14-16(24-2)7-8-17(25-3)19(14)15(22)11-20/h7-8,13,15,22H,4-6,9-12H2,1-3H3/t13-,15+/m0/s1. The summed E-state index contributed by atoms with van der Waals surface area (Å²) in [6, 6.07) is 3.97. The highest BCUT2D eigenvalue weighted by Gasteiger charge is 2.32. The van der Waals surface area contributed by atoms with Crippen molar-refractivity contribution in [2.24, 2.45) is 0 Å². The van der Waals surface area contributed by atoms with E-state index >= 15 is 0 Å². The molecule has 6 heteroatoms. The van der Waals surface area contributed by atoms with Crippen LogP contribution < -0.4 is 9.47 Å². The molecule has 0 aliphatic carbocycles. The van der Waals surface area contributed by atoms with E-state index in [0.717, 1.165) is 36.3 Å². The summed E-state index contributed by atoms with van der Waals surface area (Å²) in [5.74, 6) is 1.53. The Morgan fingerprint density at radius 3 is 2.64 bits per heavy atom. The summed E-state index contributed by atoms with van der Waals surface area (Å²) in [5, 5.41) is 10.6. The van der Waals surface area contributed by atoms with Crippen molar-refractivity contribution < 1.29 is 19.4 Å². The van der Waals surface area contributed by atoms with Gasteiger partial charge in [0.05, 0.1) is 26.9 Å². The monoisotopic (exact) mass is 348 g/mol. The zero-order valence-corrected chi connectivity index (χ0v) is 15.3. The van der Waals surface area contributed by atoms with Gasteiger partial charge in [-0.15, -0.1) is 0 Å². The van der Waals surface area contributed by atoms with Crippen LogP contribution in [0.25, 0.3) is 0 Å². The predicted octanol–water partition coefficient (Wildman–Crippen LogP) is 1.95. The summed E-state index contributed by atoms with van der Waals surface area (Å²) >= 11 is 0. The second-order valence-corrected chi connectivity index (χ2v) is 6.98. The Balaban J connectivity index is 1.78. The third kappa shape index (κ3) is 3.60. The first-order chi connectivity index (χ1) is 12.0. The van der Waals surface area contributed by atoms with Crippen molar-refractivity contribution in [2.45, 2.75) is 44.9 Å². The van der Waals surface area contributed by atoms with Crippen LogP contribution in [-0.4, -0.2) is 60.7 Å². The molecule has 2 aliphatic heterocycles. The van der Waals surface area contributed by atoms with Gasteiger partial charge in [0.25, 0.3) is 0 Å². The average Bonchev–Trinajstić information content (AvgIpc) is 2.61. The minimum Gasteiger partial charge on any atom is -0.496 e. The second-order valence-electron chi connectivity index (χ2n) is 6.98. The van der Waals surface area contributed by atoms with Gasteiger partial charge in [-0.1, -0.05) is 0 Å². The minimum atomic E-state index is -0.694. The van der Waals surface area contributed by atoms with Gasteiger partial charge in [0.15, 0.2) is 0 Å². The number of nitrogens with zero attached hydrogens (tertiary/aromatic N) is 2. The Labute approximate surface area is 149 Å². The molecule has 0 aromatic heterocycles. The van der Waals surface area contributed by atoms with Crippen molar-refractivity contribution in [1.29, 1.82) is 0 Å². The van der Waals surface area contributed by atoms with Gasteiger partial charge >= 0.3 is 0 Å². The van der Waals surface area contributed by atoms with Gasteiger partial charge in [-0.3, -0.25) is 9.69 Å². The van der Waals surface area contributed by atoms with Crippen molar-refractivity contribution in [3.8, 4) is 11.5 Å². The molecule has 0 radical (unpaired) electrons. The number of rotatable bonds is 4. The summed E-state index contributed by atoms with van der Waals surface area (Å²) in [6.07, 6.45) is 2.65. The zero-order valence-electron chi connectivity index (χ0n) is 15.3. The molecule has 25 heavy (non-hydrogen) atoms. The highest BCUT2D eigenvalue weighted by molar-refractivity contribution is 5.78.